The molecule has 0 unspecified atom stereocenters. The second kappa shape index (κ2) is 4.81. The van der Waals surface area contributed by atoms with Crippen molar-refractivity contribution < 1.29 is 4.74 Å². The molecule has 0 bridgehead atoms. The molecule has 18 heavy (non-hydrogen) atoms. The molecule has 0 saturated carbocycles. The van der Waals surface area contributed by atoms with E-state index in [9.17, 15) is 0 Å². The predicted octanol–water partition coefficient (Wildman–Crippen LogP) is 3.44. The van der Waals surface area contributed by atoms with Crippen LogP contribution in [0.15, 0.2) is 30.5 Å². The maximum Gasteiger partial charge on any atom is 0.216 e. The molecular formula is C16H16NO. The molecule has 2 heteroatoms. The maximum atomic E-state index is 5.38. The van der Waals surface area contributed by atoms with E-state index in [0.29, 0.717) is 0 Å². The number of fused-ring (bicyclic) bond motifs is 1. The van der Waals surface area contributed by atoms with Crippen molar-refractivity contribution in [1.29, 1.82) is 0 Å². The van der Waals surface area contributed by atoms with Crippen molar-refractivity contribution in [1.82, 2.24) is 4.98 Å². The number of nitrogens with zero attached hydrogens (tertiary/aromatic N) is 1. The summed E-state index contributed by atoms with van der Waals surface area (Å²) in [5.74, 6) is 0.799. The molecule has 1 aromatic heterocycles. The molecule has 1 heterocycles. The van der Waals surface area contributed by atoms with E-state index in [1.165, 1.54) is 35.1 Å². The number of hydrogen-bond acceptors (Lipinski definition) is 2. The lowest BCUT2D eigenvalue weighted by molar-refractivity contribution is 0.389. The highest BCUT2D eigenvalue weighted by Crippen LogP contribution is 2.35. The van der Waals surface area contributed by atoms with Crippen molar-refractivity contribution in [3.63, 3.8) is 0 Å². The van der Waals surface area contributed by atoms with Gasteiger partial charge in [-0.3, -0.25) is 0 Å². The number of benzene rings is 1. The van der Waals surface area contributed by atoms with Crippen LogP contribution in [-0.2, 0) is 12.8 Å². The average Bonchev–Trinajstić information content (AvgIpc) is 2.47. The first-order valence-corrected chi connectivity index (χ1v) is 6.41. The number of pyridine rings is 1. The van der Waals surface area contributed by atoms with Crippen molar-refractivity contribution in [3.8, 4) is 17.0 Å². The first-order valence-electron chi connectivity index (χ1n) is 6.41. The van der Waals surface area contributed by atoms with Gasteiger partial charge >= 0.3 is 0 Å². The van der Waals surface area contributed by atoms with Crippen LogP contribution in [0, 0.1) is 6.07 Å². The summed E-state index contributed by atoms with van der Waals surface area (Å²) in [6, 6.07) is 11.2. The van der Waals surface area contributed by atoms with Gasteiger partial charge in [-0.25, -0.2) is 4.98 Å². The van der Waals surface area contributed by atoms with Crippen molar-refractivity contribution >= 4 is 0 Å². The lowest BCUT2D eigenvalue weighted by Gasteiger charge is -2.21. The van der Waals surface area contributed by atoms with E-state index in [0.717, 1.165) is 18.7 Å². The smallest absolute Gasteiger partial charge is 0.216 e. The Hall–Kier alpha value is -1.83. The largest absolute Gasteiger partial charge is 0.481 e. The Morgan fingerprint density at radius 2 is 2.06 bits per heavy atom. The number of methoxy groups -OCH3 is 1. The van der Waals surface area contributed by atoms with Crippen LogP contribution in [0.5, 0.6) is 5.88 Å². The van der Waals surface area contributed by atoms with Gasteiger partial charge in [0, 0.05) is 17.3 Å². The minimum atomic E-state index is 0.799. The quantitative estimate of drug-likeness (QED) is 0.799. The summed E-state index contributed by atoms with van der Waals surface area (Å²) in [6.45, 7) is 0. The van der Waals surface area contributed by atoms with Crippen LogP contribution in [0.25, 0.3) is 11.1 Å². The molecule has 0 fully saturated rings. The molecule has 2 nitrogen and oxygen atoms in total. The van der Waals surface area contributed by atoms with Crippen LogP contribution in [-0.4, -0.2) is 12.1 Å². The highest BCUT2D eigenvalue weighted by Gasteiger charge is 2.19. The predicted molar refractivity (Wildman–Crippen MR) is 71.7 cm³/mol. The summed E-state index contributed by atoms with van der Waals surface area (Å²) in [5, 5.41) is 0. The van der Waals surface area contributed by atoms with E-state index in [2.05, 4.69) is 17.1 Å². The molecule has 91 valence electrons. The topological polar surface area (TPSA) is 22.1 Å². The van der Waals surface area contributed by atoms with E-state index < -0.39 is 0 Å². The molecule has 3 rings (SSSR count). The fraction of sp³-hybridized carbons (Fsp3) is 0.312. The second-order valence-corrected chi connectivity index (χ2v) is 4.64. The monoisotopic (exact) mass is 238 g/mol. The Morgan fingerprint density at radius 3 is 2.78 bits per heavy atom. The van der Waals surface area contributed by atoms with Crippen molar-refractivity contribution in [2.45, 2.75) is 25.7 Å². The SMILES string of the molecule is COc1ncc(-c2c[c]ccc2)c2c1CCCC2. The van der Waals surface area contributed by atoms with Gasteiger partial charge in [-0.2, -0.15) is 0 Å². The zero-order valence-corrected chi connectivity index (χ0v) is 10.6. The molecule has 0 N–H and O–H groups in total. The molecule has 0 aliphatic heterocycles. The number of hydrogen-bond donors (Lipinski definition) is 0. The fourth-order valence-corrected chi connectivity index (χ4v) is 2.70. The number of aromatic nitrogens is 1. The Balaban J connectivity index is 2.17. The van der Waals surface area contributed by atoms with Gasteiger partial charge in [-0.05, 0) is 48.9 Å². The summed E-state index contributed by atoms with van der Waals surface area (Å²) in [4.78, 5) is 4.45. The van der Waals surface area contributed by atoms with E-state index in [1.54, 1.807) is 7.11 Å². The zero-order valence-electron chi connectivity index (χ0n) is 10.6. The standard InChI is InChI=1S/C16H16NO/c1-18-16-14-10-6-5-9-13(14)15(11-17-16)12-7-3-2-4-8-12/h2-3,7-8,11H,5-6,9-10H2,1H3. The van der Waals surface area contributed by atoms with E-state index >= 15 is 0 Å². The summed E-state index contributed by atoms with van der Waals surface area (Å²) >= 11 is 0. The van der Waals surface area contributed by atoms with Gasteiger partial charge in [-0.15, -0.1) is 0 Å². The van der Waals surface area contributed by atoms with Crippen LogP contribution in [0.2, 0.25) is 0 Å². The zero-order chi connectivity index (χ0) is 12.4. The van der Waals surface area contributed by atoms with Crippen LogP contribution < -0.4 is 4.74 Å². The maximum absolute atomic E-state index is 5.38. The first-order chi connectivity index (χ1) is 8.90. The van der Waals surface area contributed by atoms with Gasteiger partial charge < -0.3 is 4.74 Å². The highest BCUT2D eigenvalue weighted by atomic mass is 16.5. The summed E-state index contributed by atoms with van der Waals surface area (Å²) in [6.07, 6.45) is 6.62. The Labute approximate surface area is 108 Å². The molecule has 1 aliphatic carbocycles. The molecular weight excluding hydrogens is 222 g/mol. The van der Waals surface area contributed by atoms with E-state index in [4.69, 9.17) is 4.74 Å². The van der Waals surface area contributed by atoms with Gasteiger partial charge in [0.15, 0.2) is 0 Å². The molecule has 1 aromatic carbocycles. The molecule has 2 aromatic rings. The lowest BCUT2D eigenvalue weighted by Crippen LogP contribution is -2.08. The molecule has 0 atom stereocenters. The van der Waals surface area contributed by atoms with Crippen molar-refractivity contribution in [2.24, 2.45) is 0 Å². The molecule has 0 spiro atoms. The fourth-order valence-electron chi connectivity index (χ4n) is 2.70. The number of rotatable bonds is 2. The highest BCUT2D eigenvalue weighted by molar-refractivity contribution is 5.69. The summed E-state index contributed by atoms with van der Waals surface area (Å²) in [5.41, 5.74) is 5.14. The van der Waals surface area contributed by atoms with Crippen LogP contribution in [0.4, 0.5) is 0 Å². The molecule has 0 saturated heterocycles. The first kappa shape index (κ1) is 11.3. The van der Waals surface area contributed by atoms with Crippen LogP contribution in [0.3, 0.4) is 0 Å². The van der Waals surface area contributed by atoms with Crippen LogP contribution >= 0.6 is 0 Å². The summed E-state index contributed by atoms with van der Waals surface area (Å²) < 4.78 is 5.38. The molecule has 0 amide bonds. The minimum absolute atomic E-state index is 0.799. The molecule has 1 aliphatic rings. The molecule has 1 radical (unpaired) electrons. The van der Waals surface area contributed by atoms with Gasteiger partial charge in [0.2, 0.25) is 5.88 Å². The lowest BCUT2D eigenvalue weighted by atomic mass is 9.87. The van der Waals surface area contributed by atoms with E-state index in [-0.39, 0.29) is 0 Å². The van der Waals surface area contributed by atoms with Gasteiger partial charge in [0.05, 0.1) is 7.11 Å². The average molecular weight is 238 g/mol. The Kier molecular flexibility index (Phi) is 3.01. The van der Waals surface area contributed by atoms with Crippen LogP contribution in [0.1, 0.15) is 24.0 Å². The Morgan fingerprint density at radius 1 is 1.22 bits per heavy atom. The van der Waals surface area contributed by atoms with Gasteiger partial charge in [-0.1, -0.05) is 18.2 Å². The Bertz CT molecular complexity index is 549. The van der Waals surface area contributed by atoms with Gasteiger partial charge in [0.25, 0.3) is 0 Å². The van der Waals surface area contributed by atoms with Gasteiger partial charge in [0.1, 0.15) is 0 Å². The minimum Gasteiger partial charge on any atom is -0.481 e. The van der Waals surface area contributed by atoms with Crippen molar-refractivity contribution in [2.75, 3.05) is 7.11 Å². The third-order valence-electron chi connectivity index (χ3n) is 3.57. The third-order valence-corrected chi connectivity index (χ3v) is 3.57. The normalized spacial score (nSPS) is 14.1. The summed E-state index contributed by atoms with van der Waals surface area (Å²) in [7, 11) is 1.70. The number of ether oxygens (including phenoxy) is 1. The third kappa shape index (κ3) is 1.88. The second-order valence-electron chi connectivity index (χ2n) is 4.64. The van der Waals surface area contributed by atoms with E-state index in [1.807, 2.05) is 24.4 Å². The van der Waals surface area contributed by atoms with Crippen molar-refractivity contribution in [3.05, 3.63) is 47.7 Å².